The van der Waals surface area contributed by atoms with Crippen LogP contribution in [0.25, 0.3) is 0 Å². The predicted octanol–water partition coefficient (Wildman–Crippen LogP) is 2.77. The zero-order valence-corrected chi connectivity index (χ0v) is 12.2. The van der Waals surface area contributed by atoms with E-state index in [-0.39, 0.29) is 18.1 Å². The lowest BCUT2D eigenvalue weighted by atomic mass is 10.0. The quantitative estimate of drug-likeness (QED) is 0.654. The molecule has 110 valence electrons. The molecule has 0 amide bonds. The van der Waals surface area contributed by atoms with E-state index in [4.69, 9.17) is 10.5 Å². The summed E-state index contributed by atoms with van der Waals surface area (Å²) >= 11 is 0. The topological polar surface area (TPSA) is 64.3 Å². The molecule has 3 N–H and O–H groups in total. The fraction of sp³-hybridized carbons (Fsp3) is 0.235. The fourth-order valence-electron chi connectivity index (χ4n) is 2.06. The third kappa shape index (κ3) is 3.83. The van der Waals surface area contributed by atoms with E-state index in [1.54, 1.807) is 24.3 Å². The average Bonchev–Trinajstić information content (AvgIpc) is 2.53. The lowest BCUT2D eigenvalue weighted by Crippen LogP contribution is -2.32. The van der Waals surface area contributed by atoms with Gasteiger partial charge in [0, 0.05) is 11.7 Å². The van der Waals surface area contributed by atoms with Crippen molar-refractivity contribution >= 4 is 11.7 Å². The molecule has 0 saturated carbocycles. The third-order valence-electron chi connectivity index (χ3n) is 3.42. The van der Waals surface area contributed by atoms with Crippen LogP contribution in [-0.4, -0.2) is 19.1 Å². The number of likely N-dealkylation sites (N-methyl/N-ethyl adjacent to an activating group) is 1. The third-order valence-corrected chi connectivity index (χ3v) is 3.42. The smallest absolute Gasteiger partial charge is 0.338 e. The highest BCUT2D eigenvalue weighted by molar-refractivity contribution is 5.90. The molecule has 2 aromatic carbocycles. The number of hydrogen-bond acceptors (Lipinski definition) is 4. The average molecular weight is 284 g/mol. The van der Waals surface area contributed by atoms with Gasteiger partial charge in [0.15, 0.2) is 0 Å². The van der Waals surface area contributed by atoms with Crippen LogP contribution in [0.2, 0.25) is 0 Å². The molecular weight excluding hydrogens is 264 g/mol. The van der Waals surface area contributed by atoms with E-state index in [1.807, 2.05) is 44.3 Å². The molecule has 2 atom stereocenters. The van der Waals surface area contributed by atoms with Crippen molar-refractivity contribution in [2.75, 3.05) is 12.8 Å². The molecule has 0 fully saturated rings. The Bertz CT molecular complexity index is 581. The zero-order chi connectivity index (χ0) is 15.2. The standard InChI is InChI=1S/C17H20N2O2/c1-12(19-2)16(13-6-4-3-5-7-13)21-17(20)14-8-10-15(18)11-9-14/h3-12,16,19H,18H2,1-2H3. The molecule has 0 aliphatic carbocycles. The molecule has 2 unspecified atom stereocenters. The molecular formula is C17H20N2O2. The number of carbonyl (C=O) groups is 1. The molecule has 0 saturated heterocycles. The summed E-state index contributed by atoms with van der Waals surface area (Å²) in [6.45, 7) is 1.98. The number of carbonyl (C=O) groups excluding carboxylic acids is 1. The highest BCUT2D eigenvalue weighted by Gasteiger charge is 2.23. The van der Waals surface area contributed by atoms with Crippen molar-refractivity contribution < 1.29 is 9.53 Å². The summed E-state index contributed by atoms with van der Waals surface area (Å²) in [5, 5.41) is 3.13. The van der Waals surface area contributed by atoms with Crippen LogP contribution in [0.4, 0.5) is 5.69 Å². The number of nitrogen functional groups attached to an aromatic ring is 1. The van der Waals surface area contributed by atoms with Crippen LogP contribution >= 0.6 is 0 Å². The van der Waals surface area contributed by atoms with Crippen LogP contribution in [0.1, 0.15) is 28.9 Å². The second kappa shape index (κ2) is 6.90. The van der Waals surface area contributed by atoms with Gasteiger partial charge in [-0.1, -0.05) is 30.3 Å². The molecule has 4 heteroatoms. The fourth-order valence-corrected chi connectivity index (χ4v) is 2.06. The van der Waals surface area contributed by atoms with Crippen LogP contribution in [0.5, 0.6) is 0 Å². The van der Waals surface area contributed by atoms with Gasteiger partial charge in [0.05, 0.1) is 5.56 Å². The highest BCUT2D eigenvalue weighted by Crippen LogP contribution is 2.23. The molecule has 0 aromatic heterocycles. The van der Waals surface area contributed by atoms with Gasteiger partial charge < -0.3 is 15.8 Å². The van der Waals surface area contributed by atoms with Crippen molar-refractivity contribution in [3.8, 4) is 0 Å². The van der Waals surface area contributed by atoms with E-state index in [1.165, 1.54) is 0 Å². The maximum Gasteiger partial charge on any atom is 0.338 e. The van der Waals surface area contributed by atoms with Gasteiger partial charge >= 0.3 is 5.97 Å². The maximum atomic E-state index is 12.3. The normalized spacial score (nSPS) is 13.4. The second-order valence-corrected chi connectivity index (χ2v) is 4.94. The Morgan fingerprint density at radius 1 is 1.10 bits per heavy atom. The van der Waals surface area contributed by atoms with E-state index in [0.29, 0.717) is 11.3 Å². The van der Waals surface area contributed by atoms with Crippen molar-refractivity contribution in [1.82, 2.24) is 5.32 Å². The number of rotatable bonds is 5. The van der Waals surface area contributed by atoms with E-state index in [9.17, 15) is 4.79 Å². The summed E-state index contributed by atoms with van der Waals surface area (Å²) in [6, 6.07) is 16.4. The SMILES string of the molecule is CNC(C)C(OC(=O)c1ccc(N)cc1)c1ccccc1. The summed E-state index contributed by atoms with van der Waals surface area (Å²) in [5.74, 6) is -0.356. The predicted molar refractivity (Wildman–Crippen MR) is 84.0 cm³/mol. The van der Waals surface area contributed by atoms with Crippen LogP contribution in [-0.2, 0) is 4.74 Å². The van der Waals surface area contributed by atoms with Gasteiger partial charge in [-0.05, 0) is 43.8 Å². The summed E-state index contributed by atoms with van der Waals surface area (Å²) in [5.41, 5.74) is 7.70. The molecule has 21 heavy (non-hydrogen) atoms. The minimum Gasteiger partial charge on any atom is -0.452 e. The van der Waals surface area contributed by atoms with Crippen molar-refractivity contribution in [3.05, 3.63) is 65.7 Å². The molecule has 0 radical (unpaired) electrons. The molecule has 2 aromatic rings. The van der Waals surface area contributed by atoms with Gasteiger partial charge in [0.1, 0.15) is 6.10 Å². The van der Waals surface area contributed by atoms with Gasteiger partial charge in [-0.15, -0.1) is 0 Å². The van der Waals surface area contributed by atoms with Gasteiger partial charge in [-0.25, -0.2) is 4.79 Å². The monoisotopic (exact) mass is 284 g/mol. The van der Waals surface area contributed by atoms with Crippen molar-refractivity contribution in [2.45, 2.75) is 19.1 Å². The molecule has 0 aliphatic heterocycles. The summed E-state index contributed by atoms with van der Waals surface area (Å²) in [7, 11) is 1.84. The van der Waals surface area contributed by atoms with Crippen molar-refractivity contribution in [2.24, 2.45) is 0 Å². The van der Waals surface area contributed by atoms with Crippen LogP contribution in [0.15, 0.2) is 54.6 Å². The Labute approximate surface area is 124 Å². The highest BCUT2D eigenvalue weighted by atomic mass is 16.5. The summed E-state index contributed by atoms with van der Waals surface area (Å²) in [4.78, 5) is 12.3. The largest absolute Gasteiger partial charge is 0.452 e. The number of anilines is 1. The van der Waals surface area contributed by atoms with Crippen LogP contribution in [0, 0.1) is 0 Å². The first-order chi connectivity index (χ1) is 10.1. The van der Waals surface area contributed by atoms with Crippen LogP contribution < -0.4 is 11.1 Å². The molecule has 0 bridgehead atoms. The van der Waals surface area contributed by atoms with Gasteiger partial charge in [0.2, 0.25) is 0 Å². The first-order valence-corrected chi connectivity index (χ1v) is 6.90. The minimum absolute atomic E-state index is 0.00475. The van der Waals surface area contributed by atoms with Crippen LogP contribution in [0.3, 0.4) is 0 Å². The van der Waals surface area contributed by atoms with E-state index >= 15 is 0 Å². The number of esters is 1. The van der Waals surface area contributed by atoms with Gasteiger partial charge in [0.25, 0.3) is 0 Å². The minimum atomic E-state index is -0.356. The van der Waals surface area contributed by atoms with Gasteiger partial charge in [-0.2, -0.15) is 0 Å². The molecule has 0 heterocycles. The Morgan fingerprint density at radius 2 is 1.71 bits per heavy atom. The lowest BCUT2D eigenvalue weighted by Gasteiger charge is -2.24. The Balaban J connectivity index is 2.19. The Kier molecular flexibility index (Phi) is 4.95. The first-order valence-electron chi connectivity index (χ1n) is 6.90. The molecule has 0 spiro atoms. The Morgan fingerprint density at radius 3 is 2.29 bits per heavy atom. The van der Waals surface area contributed by atoms with E-state index in [0.717, 1.165) is 5.56 Å². The van der Waals surface area contributed by atoms with E-state index in [2.05, 4.69) is 5.32 Å². The number of nitrogens with one attached hydrogen (secondary N) is 1. The summed E-state index contributed by atoms with van der Waals surface area (Å²) in [6.07, 6.45) is -0.346. The molecule has 0 aliphatic rings. The molecule has 4 nitrogen and oxygen atoms in total. The molecule has 2 rings (SSSR count). The second-order valence-electron chi connectivity index (χ2n) is 4.94. The van der Waals surface area contributed by atoms with Crippen molar-refractivity contribution in [1.29, 1.82) is 0 Å². The number of nitrogens with two attached hydrogens (primary N) is 1. The Hall–Kier alpha value is -2.33. The number of ether oxygens (including phenoxy) is 1. The summed E-state index contributed by atoms with van der Waals surface area (Å²) < 4.78 is 5.67. The number of hydrogen-bond donors (Lipinski definition) is 2. The van der Waals surface area contributed by atoms with Crippen molar-refractivity contribution in [3.63, 3.8) is 0 Å². The lowest BCUT2D eigenvalue weighted by molar-refractivity contribution is 0.0219. The number of benzene rings is 2. The van der Waals surface area contributed by atoms with E-state index < -0.39 is 0 Å². The first kappa shape index (κ1) is 15.1. The zero-order valence-electron chi connectivity index (χ0n) is 12.2. The van der Waals surface area contributed by atoms with Gasteiger partial charge in [-0.3, -0.25) is 0 Å². The maximum absolute atomic E-state index is 12.3.